The first-order chi connectivity index (χ1) is 20.8. The number of alkyl halides is 2. The van der Waals surface area contributed by atoms with Gasteiger partial charge in [-0.25, -0.2) is 0 Å². The molecule has 1 aliphatic heterocycles. The van der Waals surface area contributed by atoms with E-state index in [1.807, 2.05) is 0 Å². The summed E-state index contributed by atoms with van der Waals surface area (Å²) >= 11 is 0. The minimum absolute atomic E-state index is 0.202. The van der Waals surface area contributed by atoms with Crippen LogP contribution in [0.3, 0.4) is 0 Å². The molecule has 0 spiro atoms. The molecule has 1 saturated heterocycles. The van der Waals surface area contributed by atoms with Gasteiger partial charge >= 0.3 is 5.92 Å². The number of methoxy groups -OCH3 is 1. The molecule has 12 heteroatoms. The lowest BCUT2D eigenvalue weighted by Gasteiger charge is -2.32. The van der Waals surface area contributed by atoms with Crippen molar-refractivity contribution in [3.05, 3.63) is 65.7 Å². The highest BCUT2D eigenvalue weighted by atomic mass is 19.3. The van der Waals surface area contributed by atoms with Crippen LogP contribution in [0, 0.1) is 11.8 Å². The quantitative estimate of drug-likeness (QED) is 0.297. The molecule has 3 N–H and O–H groups in total. The number of ketones is 1. The average Bonchev–Trinajstić information content (AvgIpc) is 3.51. The maximum atomic E-state index is 15.0. The average molecular weight is 615 g/mol. The van der Waals surface area contributed by atoms with Crippen molar-refractivity contribution in [2.45, 2.75) is 71.1 Å². The fourth-order valence-corrected chi connectivity index (χ4v) is 4.94. The van der Waals surface area contributed by atoms with Gasteiger partial charge in [-0.3, -0.25) is 24.0 Å². The topological polar surface area (TPSA) is 134 Å². The zero-order valence-corrected chi connectivity index (χ0v) is 25.6. The van der Waals surface area contributed by atoms with Gasteiger partial charge in [0.15, 0.2) is 0 Å². The summed E-state index contributed by atoms with van der Waals surface area (Å²) < 4.78 is 35.2. The molecule has 238 valence electrons. The molecular formula is C32H40F2N4O6. The van der Waals surface area contributed by atoms with Gasteiger partial charge in [0, 0.05) is 18.7 Å². The lowest BCUT2D eigenvalue weighted by molar-refractivity contribution is -0.161. The Morgan fingerprint density at radius 3 is 2.09 bits per heavy atom. The third-order valence-electron chi connectivity index (χ3n) is 7.55. The van der Waals surface area contributed by atoms with E-state index in [9.17, 15) is 24.0 Å². The van der Waals surface area contributed by atoms with E-state index >= 15 is 8.78 Å². The molecule has 0 unspecified atom stereocenters. The van der Waals surface area contributed by atoms with Crippen molar-refractivity contribution in [2.24, 2.45) is 11.8 Å². The first-order valence-electron chi connectivity index (χ1n) is 14.6. The van der Waals surface area contributed by atoms with E-state index in [2.05, 4.69) is 16.0 Å². The number of benzene rings is 2. The summed E-state index contributed by atoms with van der Waals surface area (Å²) in [6.45, 7) is 6.45. The Balaban J connectivity index is 1.70. The van der Waals surface area contributed by atoms with E-state index in [1.165, 1.54) is 25.9 Å². The number of halogens is 2. The number of Topliss-reactive ketones (excluding diaryl/α,β-unsaturated/α-hetero) is 1. The third kappa shape index (κ3) is 8.18. The van der Waals surface area contributed by atoms with E-state index in [1.54, 1.807) is 68.4 Å². The lowest BCUT2D eigenvalue weighted by atomic mass is 9.94. The van der Waals surface area contributed by atoms with Crippen LogP contribution < -0.4 is 20.7 Å². The number of carbonyl (C=O) groups excluding carboxylic acids is 5. The summed E-state index contributed by atoms with van der Waals surface area (Å²) in [4.78, 5) is 66.6. The van der Waals surface area contributed by atoms with Gasteiger partial charge < -0.3 is 25.6 Å². The normalized spacial score (nSPS) is 16.3. The fraction of sp³-hybridized carbons (Fsp3) is 0.469. The highest BCUT2D eigenvalue weighted by Gasteiger charge is 2.51. The monoisotopic (exact) mass is 614 g/mol. The highest BCUT2D eigenvalue weighted by Crippen LogP contribution is 2.24. The number of nitrogens with one attached hydrogen (secondary N) is 3. The van der Waals surface area contributed by atoms with E-state index in [0.717, 1.165) is 0 Å². The number of rotatable bonds is 13. The molecule has 2 aromatic rings. The predicted molar refractivity (Wildman–Crippen MR) is 159 cm³/mol. The molecule has 1 fully saturated rings. The van der Waals surface area contributed by atoms with E-state index in [-0.39, 0.29) is 25.4 Å². The SMILES string of the molecule is COc1ccc(C(=O)N[C@H](C(=O)N2CCC[C@H]2C(=O)N[C@H](C(=O)C(F)(F)C(=O)NCc2ccccc2)C(C)C)C(C)C)cc1. The maximum Gasteiger partial charge on any atom is 0.383 e. The van der Waals surface area contributed by atoms with Gasteiger partial charge in [-0.15, -0.1) is 0 Å². The second-order valence-corrected chi connectivity index (χ2v) is 11.5. The van der Waals surface area contributed by atoms with Crippen LogP contribution in [0.25, 0.3) is 0 Å². The van der Waals surface area contributed by atoms with Crippen LogP contribution in [-0.2, 0) is 25.7 Å². The number of hydrogen-bond acceptors (Lipinski definition) is 6. The van der Waals surface area contributed by atoms with E-state index < -0.39 is 59.4 Å². The van der Waals surface area contributed by atoms with Crippen molar-refractivity contribution in [3.63, 3.8) is 0 Å². The zero-order valence-electron chi connectivity index (χ0n) is 25.6. The maximum absolute atomic E-state index is 15.0. The van der Waals surface area contributed by atoms with Crippen molar-refractivity contribution >= 4 is 29.4 Å². The Kier molecular flexibility index (Phi) is 11.6. The van der Waals surface area contributed by atoms with Crippen molar-refractivity contribution in [1.29, 1.82) is 0 Å². The van der Waals surface area contributed by atoms with Gasteiger partial charge in [-0.05, 0) is 54.5 Å². The van der Waals surface area contributed by atoms with Gasteiger partial charge in [0.25, 0.3) is 11.8 Å². The van der Waals surface area contributed by atoms with Crippen molar-refractivity contribution in [3.8, 4) is 5.75 Å². The molecule has 10 nitrogen and oxygen atoms in total. The number of carbonyl (C=O) groups is 5. The number of hydrogen-bond donors (Lipinski definition) is 3. The molecule has 44 heavy (non-hydrogen) atoms. The molecule has 0 radical (unpaired) electrons. The summed E-state index contributed by atoms with van der Waals surface area (Å²) in [6.07, 6.45) is 0.696. The van der Waals surface area contributed by atoms with Crippen LogP contribution in [0.4, 0.5) is 8.78 Å². The van der Waals surface area contributed by atoms with Crippen molar-refractivity contribution in [1.82, 2.24) is 20.9 Å². The number of nitrogens with zero attached hydrogens (tertiary/aromatic N) is 1. The minimum Gasteiger partial charge on any atom is -0.497 e. The molecule has 3 rings (SSSR count). The molecule has 2 aromatic carbocycles. The molecule has 0 bridgehead atoms. The summed E-state index contributed by atoms with van der Waals surface area (Å²) in [5.74, 6) is -10.2. The van der Waals surface area contributed by atoms with Gasteiger partial charge in [0.1, 0.15) is 17.8 Å². The molecule has 0 aliphatic carbocycles. The van der Waals surface area contributed by atoms with Crippen molar-refractivity contribution < 1.29 is 37.5 Å². The van der Waals surface area contributed by atoms with Crippen LogP contribution in [0.15, 0.2) is 54.6 Å². The second kappa shape index (κ2) is 14.9. The fourth-order valence-electron chi connectivity index (χ4n) is 4.94. The largest absolute Gasteiger partial charge is 0.497 e. The molecule has 0 aromatic heterocycles. The number of likely N-dealkylation sites (tertiary alicyclic amines) is 1. The molecule has 0 saturated carbocycles. The smallest absolute Gasteiger partial charge is 0.383 e. The van der Waals surface area contributed by atoms with E-state index in [0.29, 0.717) is 23.3 Å². The van der Waals surface area contributed by atoms with E-state index in [4.69, 9.17) is 4.74 Å². The van der Waals surface area contributed by atoms with Gasteiger partial charge in [0.05, 0.1) is 13.2 Å². The third-order valence-corrected chi connectivity index (χ3v) is 7.55. The predicted octanol–water partition coefficient (Wildman–Crippen LogP) is 3.10. The first kappa shape index (κ1) is 34.1. The Morgan fingerprint density at radius 2 is 1.52 bits per heavy atom. The standard InChI is InChI=1S/C32H40F2N4O6/c1-19(2)25(27(39)32(33,34)31(43)35-18-21-10-7-6-8-11-21)36-29(41)24-12-9-17-38(24)30(42)26(20(3)4)37-28(40)22-13-15-23(44-5)16-14-22/h6-8,10-11,13-16,19-20,24-26H,9,12,17-18H2,1-5H3,(H,35,43)(H,36,41)(H,37,40)/t24-,25-,26-/m0/s1. The Morgan fingerprint density at radius 1 is 0.909 bits per heavy atom. The molecular weight excluding hydrogens is 574 g/mol. The van der Waals surface area contributed by atoms with Crippen LogP contribution in [0.1, 0.15) is 56.5 Å². The number of amides is 4. The lowest BCUT2D eigenvalue weighted by Crippen LogP contribution is -2.60. The number of ether oxygens (including phenoxy) is 1. The van der Waals surface area contributed by atoms with Gasteiger partial charge in [-0.2, -0.15) is 8.78 Å². The van der Waals surface area contributed by atoms with Crippen LogP contribution in [0.2, 0.25) is 0 Å². The molecule has 1 aliphatic rings. The minimum atomic E-state index is -4.41. The van der Waals surface area contributed by atoms with Crippen LogP contribution >= 0.6 is 0 Å². The molecule has 3 atom stereocenters. The second-order valence-electron chi connectivity index (χ2n) is 11.5. The molecule has 1 heterocycles. The highest BCUT2D eigenvalue weighted by molar-refractivity contribution is 6.10. The summed E-state index contributed by atoms with van der Waals surface area (Å²) in [5, 5.41) is 7.21. The van der Waals surface area contributed by atoms with Crippen molar-refractivity contribution in [2.75, 3.05) is 13.7 Å². The first-order valence-corrected chi connectivity index (χ1v) is 14.6. The van der Waals surface area contributed by atoms with Gasteiger partial charge in [-0.1, -0.05) is 58.0 Å². The zero-order chi connectivity index (χ0) is 32.6. The summed E-state index contributed by atoms with van der Waals surface area (Å²) in [7, 11) is 1.50. The Labute approximate surface area is 255 Å². The van der Waals surface area contributed by atoms with Crippen LogP contribution in [0.5, 0.6) is 5.75 Å². The Bertz CT molecular complexity index is 1330. The Hall–Kier alpha value is -4.35. The van der Waals surface area contributed by atoms with Gasteiger partial charge in [0.2, 0.25) is 17.6 Å². The molecule has 4 amide bonds. The summed E-state index contributed by atoms with van der Waals surface area (Å²) in [6, 6.07) is 11.0. The van der Waals surface area contributed by atoms with Crippen LogP contribution in [-0.4, -0.2) is 72.0 Å². The summed E-state index contributed by atoms with van der Waals surface area (Å²) in [5.41, 5.74) is 0.885.